The van der Waals surface area contributed by atoms with Crippen molar-refractivity contribution < 1.29 is 19.8 Å². The molecular formula is C9H14O4. The Morgan fingerprint density at radius 2 is 2.00 bits per heavy atom. The van der Waals surface area contributed by atoms with Crippen LogP contribution in [0.4, 0.5) is 0 Å². The van der Waals surface area contributed by atoms with Gasteiger partial charge >= 0.3 is 11.9 Å². The van der Waals surface area contributed by atoms with Gasteiger partial charge in [-0.2, -0.15) is 0 Å². The fraction of sp³-hybridized carbons (Fsp3) is 0.778. The van der Waals surface area contributed by atoms with Crippen molar-refractivity contribution in [1.29, 1.82) is 0 Å². The first kappa shape index (κ1) is 10.0. The van der Waals surface area contributed by atoms with Crippen LogP contribution in [0.5, 0.6) is 0 Å². The van der Waals surface area contributed by atoms with Crippen molar-refractivity contribution in [2.45, 2.75) is 32.6 Å². The van der Waals surface area contributed by atoms with Crippen LogP contribution >= 0.6 is 0 Å². The van der Waals surface area contributed by atoms with Gasteiger partial charge in [0, 0.05) is 0 Å². The Balaban J connectivity index is 2.71. The fourth-order valence-corrected chi connectivity index (χ4v) is 1.89. The summed E-state index contributed by atoms with van der Waals surface area (Å²) in [5.41, 5.74) is -0.832. The molecule has 0 saturated heterocycles. The predicted octanol–water partition coefficient (Wildman–Crippen LogP) is 1.35. The van der Waals surface area contributed by atoms with Gasteiger partial charge in [0.15, 0.2) is 0 Å². The van der Waals surface area contributed by atoms with Crippen molar-refractivity contribution in [2.75, 3.05) is 0 Å². The van der Waals surface area contributed by atoms with Crippen LogP contribution in [0.1, 0.15) is 32.6 Å². The zero-order chi connectivity index (χ0) is 10.1. The smallest absolute Gasteiger partial charge is 0.309 e. The molecule has 2 atom stereocenters. The van der Waals surface area contributed by atoms with E-state index in [4.69, 9.17) is 10.2 Å². The zero-order valence-corrected chi connectivity index (χ0v) is 7.62. The quantitative estimate of drug-likeness (QED) is 0.682. The normalized spacial score (nSPS) is 34.1. The monoisotopic (exact) mass is 186 g/mol. The second-order valence-electron chi connectivity index (χ2n) is 4.00. The highest BCUT2D eigenvalue weighted by Crippen LogP contribution is 2.39. The summed E-state index contributed by atoms with van der Waals surface area (Å²) in [5.74, 6) is -2.22. The average Bonchev–Trinajstić information content (AvgIpc) is 2.04. The molecule has 1 rings (SSSR count). The van der Waals surface area contributed by atoms with Crippen LogP contribution in [0.2, 0.25) is 0 Å². The first-order valence-corrected chi connectivity index (χ1v) is 4.42. The molecule has 0 spiro atoms. The summed E-state index contributed by atoms with van der Waals surface area (Å²) in [6.45, 7) is 1.63. The fourth-order valence-electron chi connectivity index (χ4n) is 1.89. The number of carbonyl (C=O) groups is 2. The summed E-state index contributed by atoms with van der Waals surface area (Å²) in [7, 11) is 0. The molecular weight excluding hydrogens is 172 g/mol. The second kappa shape index (κ2) is 3.36. The molecule has 0 bridgehead atoms. The molecule has 0 aromatic heterocycles. The Kier molecular flexibility index (Phi) is 2.59. The van der Waals surface area contributed by atoms with Gasteiger partial charge < -0.3 is 10.2 Å². The lowest BCUT2D eigenvalue weighted by atomic mass is 9.71. The van der Waals surface area contributed by atoms with Crippen molar-refractivity contribution in [3.8, 4) is 0 Å². The Labute approximate surface area is 76.6 Å². The van der Waals surface area contributed by atoms with Crippen LogP contribution in [0.25, 0.3) is 0 Å². The molecule has 1 aliphatic rings. The van der Waals surface area contributed by atoms with E-state index < -0.39 is 23.3 Å². The standard InChI is InChI=1S/C9H14O4/c1-9(8(12)13)4-2-3-6(5-9)7(10)11/h6H,2-5H2,1H3,(H,10,11)(H,12,13)/t6-,9+/m1/s1. The van der Waals surface area contributed by atoms with Gasteiger partial charge in [-0.15, -0.1) is 0 Å². The van der Waals surface area contributed by atoms with Gasteiger partial charge in [0.25, 0.3) is 0 Å². The summed E-state index contributed by atoms with van der Waals surface area (Å²) < 4.78 is 0. The van der Waals surface area contributed by atoms with Crippen LogP contribution in [-0.4, -0.2) is 22.2 Å². The summed E-state index contributed by atoms with van der Waals surface area (Å²) in [6, 6.07) is 0. The van der Waals surface area contributed by atoms with Crippen LogP contribution < -0.4 is 0 Å². The maximum atomic E-state index is 10.9. The van der Waals surface area contributed by atoms with Gasteiger partial charge in [-0.05, 0) is 26.2 Å². The highest BCUT2D eigenvalue weighted by molar-refractivity contribution is 5.77. The average molecular weight is 186 g/mol. The molecule has 1 fully saturated rings. The number of hydrogen-bond donors (Lipinski definition) is 2. The molecule has 0 amide bonds. The first-order valence-electron chi connectivity index (χ1n) is 4.42. The third-order valence-electron chi connectivity index (χ3n) is 2.84. The van der Waals surface area contributed by atoms with Crippen molar-refractivity contribution in [1.82, 2.24) is 0 Å². The molecule has 1 saturated carbocycles. The summed E-state index contributed by atoms with van der Waals surface area (Å²) in [5, 5.41) is 17.7. The van der Waals surface area contributed by atoms with E-state index in [1.807, 2.05) is 0 Å². The number of aliphatic carboxylic acids is 2. The zero-order valence-electron chi connectivity index (χ0n) is 7.62. The van der Waals surface area contributed by atoms with Gasteiger partial charge in [-0.25, -0.2) is 0 Å². The second-order valence-corrected chi connectivity index (χ2v) is 4.00. The number of rotatable bonds is 2. The predicted molar refractivity (Wildman–Crippen MR) is 45.3 cm³/mol. The van der Waals surface area contributed by atoms with Crippen molar-refractivity contribution in [3.63, 3.8) is 0 Å². The third-order valence-corrected chi connectivity index (χ3v) is 2.84. The summed E-state index contributed by atoms with van der Waals surface area (Å²) in [4.78, 5) is 21.5. The molecule has 1 aliphatic carbocycles. The topological polar surface area (TPSA) is 74.6 Å². The largest absolute Gasteiger partial charge is 0.481 e. The molecule has 2 N–H and O–H groups in total. The third kappa shape index (κ3) is 1.99. The molecule has 13 heavy (non-hydrogen) atoms. The molecule has 74 valence electrons. The Hall–Kier alpha value is -1.06. The van der Waals surface area contributed by atoms with Crippen molar-refractivity contribution >= 4 is 11.9 Å². The van der Waals surface area contributed by atoms with Gasteiger partial charge in [-0.1, -0.05) is 6.42 Å². The lowest BCUT2D eigenvalue weighted by Gasteiger charge is -2.32. The number of carboxylic acid groups (broad SMARTS) is 2. The maximum absolute atomic E-state index is 10.9. The molecule has 0 aromatic carbocycles. The molecule has 4 nitrogen and oxygen atoms in total. The minimum absolute atomic E-state index is 0.262. The van der Waals surface area contributed by atoms with Crippen LogP contribution in [0.15, 0.2) is 0 Å². The van der Waals surface area contributed by atoms with Gasteiger partial charge in [0.05, 0.1) is 11.3 Å². The highest BCUT2D eigenvalue weighted by Gasteiger charge is 2.40. The molecule has 4 heteroatoms. The SMILES string of the molecule is C[C@]1(C(=O)O)CCC[C@@H](C(=O)O)C1. The lowest BCUT2D eigenvalue weighted by molar-refractivity contribution is -0.154. The highest BCUT2D eigenvalue weighted by atomic mass is 16.4. The Bertz CT molecular complexity index is 236. The van der Waals surface area contributed by atoms with E-state index in [9.17, 15) is 9.59 Å². The summed E-state index contributed by atoms with van der Waals surface area (Å²) in [6.07, 6.45) is 2.15. The molecule has 0 unspecified atom stereocenters. The van der Waals surface area contributed by atoms with E-state index in [-0.39, 0.29) is 6.42 Å². The molecule has 0 radical (unpaired) electrons. The number of hydrogen-bond acceptors (Lipinski definition) is 2. The van der Waals surface area contributed by atoms with E-state index in [1.165, 1.54) is 0 Å². The van der Waals surface area contributed by atoms with E-state index in [0.29, 0.717) is 19.3 Å². The van der Waals surface area contributed by atoms with Crippen LogP contribution in [0, 0.1) is 11.3 Å². The lowest BCUT2D eigenvalue weighted by Crippen LogP contribution is -2.36. The van der Waals surface area contributed by atoms with Crippen molar-refractivity contribution in [2.24, 2.45) is 11.3 Å². The van der Waals surface area contributed by atoms with Gasteiger partial charge in [-0.3, -0.25) is 9.59 Å². The Morgan fingerprint density at radius 3 is 2.46 bits per heavy atom. The minimum atomic E-state index is -0.876. The van der Waals surface area contributed by atoms with E-state index in [1.54, 1.807) is 6.92 Å². The van der Waals surface area contributed by atoms with E-state index in [0.717, 1.165) is 0 Å². The Morgan fingerprint density at radius 1 is 1.38 bits per heavy atom. The van der Waals surface area contributed by atoms with E-state index >= 15 is 0 Å². The summed E-state index contributed by atoms with van der Waals surface area (Å²) >= 11 is 0. The van der Waals surface area contributed by atoms with Crippen LogP contribution in [0.3, 0.4) is 0 Å². The first-order chi connectivity index (χ1) is 5.96. The maximum Gasteiger partial charge on any atom is 0.309 e. The molecule has 0 aliphatic heterocycles. The van der Waals surface area contributed by atoms with Gasteiger partial charge in [0.2, 0.25) is 0 Å². The van der Waals surface area contributed by atoms with Crippen LogP contribution in [-0.2, 0) is 9.59 Å². The minimum Gasteiger partial charge on any atom is -0.481 e. The van der Waals surface area contributed by atoms with Crippen molar-refractivity contribution in [3.05, 3.63) is 0 Å². The van der Waals surface area contributed by atoms with E-state index in [2.05, 4.69) is 0 Å². The van der Waals surface area contributed by atoms with Gasteiger partial charge in [0.1, 0.15) is 0 Å². The number of carboxylic acids is 2. The molecule has 0 aromatic rings. The molecule has 0 heterocycles.